The Bertz CT molecular complexity index is 1430. The zero-order valence-corrected chi connectivity index (χ0v) is 24.4. The van der Waals surface area contributed by atoms with Gasteiger partial charge < -0.3 is 19.9 Å². The van der Waals surface area contributed by atoms with Crippen LogP contribution in [-0.4, -0.2) is 98.4 Å². The van der Waals surface area contributed by atoms with Crippen molar-refractivity contribution in [2.75, 3.05) is 60.0 Å². The van der Waals surface area contributed by atoms with E-state index in [4.69, 9.17) is 21.3 Å². The first-order valence-electron chi connectivity index (χ1n) is 13.0. The lowest BCUT2D eigenvalue weighted by molar-refractivity contribution is -0.138. The predicted molar refractivity (Wildman–Crippen MR) is 152 cm³/mol. The third-order valence-corrected chi connectivity index (χ3v) is 10.8. The third-order valence-electron chi connectivity index (χ3n) is 7.17. The number of piperazine rings is 1. The van der Waals surface area contributed by atoms with E-state index in [1.54, 1.807) is 35.4 Å². The van der Waals surface area contributed by atoms with Crippen LogP contribution in [-0.2, 0) is 14.8 Å². The zero-order chi connectivity index (χ0) is 27.6. The Labute approximate surface area is 238 Å². The Kier molecular flexibility index (Phi) is 8.69. The van der Waals surface area contributed by atoms with Crippen molar-refractivity contribution < 1.29 is 17.9 Å². The van der Waals surface area contributed by atoms with E-state index in [0.29, 0.717) is 11.6 Å². The van der Waals surface area contributed by atoms with E-state index < -0.39 is 10.0 Å². The number of carbonyl (C=O) groups is 1. The van der Waals surface area contributed by atoms with E-state index in [-0.39, 0.29) is 47.7 Å². The number of ether oxygens (including phenoxy) is 1. The number of fused-ring (bicyclic) bond motifs is 1. The van der Waals surface area contributed by atoms with Gasteiger partial charge in [-0.25, -0.2) is 13.4 Å². The van der Waals surface area contributed by atoms with Crippen molar-refractivity contribution >= 4 is 49.0 Å². The van der Waals surface area contributed by atoms with Crippen LogP contribution >= 0.6 is 22.9 Å². The monoisotopic (exact) mass is 592 g/mol. The van der Waals surface area contributed by atoms with Crippen molar-refractivity contribution in [3.8, 4) is 6.01 Å². The summed E-state index contributed by atoms with van der Waals surface area (Å²) in [5.41, 5.74) is 0.725. The van der Waals surface area contributed by atoms with Crippen molar-refractivity contribution in [3.05, 3.63) is 47.2 Å². The van der Waals surface area contributed by atoms with Crippen LogP contribution in [0.3, 0.4) is 0 Å². The molecule has 0 radical (unpaired) electrons. The summed E-state index contributed by atoms with van der Waals surface area (Å²) in [5, 5.41) is 4.75. The number of nitrogens with one attached hydrogen (secondary N) is 1. The first-order chi connectivity index (χ1) is 18.7. The summed E-state index contributed by atoms with van der Waals surface area (Å²) >= 11 is 7.26. The van der Waals surface area contributed by atoms with Crippen molar-refractivity contribution in [1.29, 1.82) is 0 Å². The van der Waals surface area contributed by atoms with Crippen LogP contribution in [0.5, 0.6) is 6.01 Å². The average molecular weight is 593 g/mol. The fourth-order valence-corrected chi connectivity index (χ4v) is 8.33. The number of nitrogens with zero attached hydrogens (tertiary/aromatic N) is 5. The molecule has 13 heteroatoms. The number of hydrogen-bond donors (Lipinski definition) is 1. The van der Waals surface area contributed by atoms with Gasteiger partial charge in [-0.3, -0.25) is 4.79 Å². The molecule has 0 spiro atoms. The second-order valence-electron chi connectivity index (χ2n) is 10.1. The summed E-state index contributed by atoms with van der Waals surface area (Å²) in [6.07, 6.45) is 3.45. The number of carbonyl (C=O) groups excluding carboxylic acids is 1. The summed E-state index contributed by atoms with van der Waals surface area (Å²) in [6, 6.07) is 8.79. The largest absolute Gasteiger partial charge is 0.462 e. The van der Waals surface area contributed by atoms with Gasteiger partial charge in [0.25, 0.3) is 10.0 Å². The maximum Gasteiger partial charge on any atom is 0.316 e. The number of piperidine rings is 1. The van der Waals surface area contributed by atoms with E-state index in [0.717, 1.165) is 48.3 Å². The predicted octanol–water partition coefficient (Wildman–Crippen LogP) is 2.86. The molecule has 1 atom stereocenters. The molecule has 2 fully saturated rings. The Morgan fingerprint density at radius 2 is 2.00 bits per heavy atom. The topological polar surface area (TPSA) is 108 Å². The van der Waals surface area contributed by atoms with Crippen LogP contribution in [0.1, 0.15) is 24.6 Å². The molecular formula is C26H33ClN6O4S2. The van der Waals surface area contributed by atoms with E-state index in [9.17, 15) is 13.2 Å². The van der Waals surface area contributed by atoms with Gasteiger partial charge in [0.2, 0.25) is 5.91 Å². The molecule has 1 amide bonds. The van der Waals surface area contributed by atoms with Gasteiger partial charge in [0, 0.05) is 35.6 Å². The summed E-state index contributed by atoms with van der Waals surface area (Å²) in [4.78, 5) is 26.4. The number of rotatable bonds is 9. The summed E-state index contributed by atoms with van der Waals surface area (Å²) in [7, 11) is 0.105. The molecule has 0 bridgehead atoms. The van der Waals surface area contributed by atoms with Crippen LogP contribution in [0, 0.1) is 5.92 Å². The molecule has 2 aliphatic heterocycles. The molecule has 5 rings (SSSR count). The number of aromatic nitrogens is 2. The molecule has 2 saturated heterocycles. The lowest BCUT2D eigenvalue weighted by Crippen LogP contribution is -2.54. The highest BCUT2D eigenvalue weighted by Gasteiger charge is 2.40. The van der Waals surface area contributed by atoms with Gasteiger partial charge in [0.1, 0.15) is 10.8 Å². The van der Waals surface area contributed by atoms with Gasteiger partial charge >= 0.3 is 6.01 Å². The third kappa shape index (κ3) is 6.36. The molecular weight excluding hydrogens is 560 g/mol. The first kappa shape index (κ1) is 28.2. The van der Waals surface area contributed by atoms with Crippen LogP contribution in [0.25, 0.3) is 10.1 Å². The number of benzene rings is 1. The van der Waals surface area contributed by atoms with Gasteiger partial charge in [-0.05, 0) is 75.6 Å². The molecule has 3 aromatic rings. The quantitative estimate of drug-likeness (QED) is 0.404. The molecule has 0 aliphatic carbocycles. The molecule has 2 aromatic heterocycles. The Morgan fingerprint density at radius 3 is 2.74 bits per heavy atom. The van der Waals surface area contributed by atoms with Crippen molar-refractivity contribution in [2.45, 2.75) is 23.1 Å². The number of thiophene rings is 1. The van der Waals surface area contributed by atoms with Crippen LogP contribution in [0.15, 0.2) is 40.7 Å². The van der Waals surface area contributed by atoms with E-state index in [1.807, 2.05) is 25.1 Å². The maximum atomic E-state index is 13.6. The second kappa shape index (κ2) is 12.0. The van der Waals surface area contributed by atoms with E-state index >= 15 is 0 Å². The molecule has 0 saturated carbocycles. The summed E-state index contributed by atoms with van der Waals surface area (Å²) in [5.74, 6) is -0.0403. The maximum absolute atomic E-state index is 13.6. The zero-order valence-electron chi connectivity index (χ0n) is 22.0. The minimum Gasteiger partial charge on any atom is -0.462 e. The number of hydrogen-bond acceptors (Lipinski definition) is 9. The highest BCUT2D eigenvalue weighted by Crippen LogP contribution is 2.37. The average Bonchev–Trinajstić information content (AvgIpc) is 3.35. The lowest BCUT2D eigenvalue weighted by atomic mass is 9.86. The minimum absolute atomic E-state index is 0.190. The fourth-order valence-electron chi connectivity index (χ4n) is 5.12. The number of sulfonamides is 1. The summed E-state index contributed by atoms with van der Waals surface area (Å²) in [6.45, 7) is 3.18. The summed E-state index contributed by atoms with van der Waals surface area (Å²) < 4.78 is 35.1. The number of halogens is 1. The minimum atomic E-state index is -3.83. The molecule has 1 unspecified atom stereocenters. The normalized spacial score (nSPS) is 18.7. The van der Waals surface area contributed by atoms with Gasteiger partial charge in [-0.2, -0.15) is 9.29 Å². The smallest absolute Gasteiger partial charge is 0.316 e. The molecule has 2 aliphatic rings. The van der Waals surface area contributed by atoms with Gasteiger partial charge in [-0.15, -0.1) is 11.3 Å². The van der Waals surface area contributed by atoms with Crippen LogP contribution in [0.2, 0.25) is 5.02 Å². The molecule has 4 heterocycles. The van der Waals surface area contributed by atoms with E-state index in [2.05, 4.69) is 10.3 Å². The molecule has 39 heavy (non-hydrogen) atoms. The van der Waals surface area contributed by atoms with Gasteiger partial charge in [-0.1, -0.05) is 17.7 Å². The molecule has 210 valence electrons. The number of amides is 1. The van der Waals surface area contributed by atoms with Crippen molar-refractivity contribution in [2.24, 2.45) is 5.92 Å². The van der Waals surface area contributed by atoms with Crippen molar-refractivity contribution in [3.63, 3.8) is 0 Å². The molecule has 10 nitrogen and oxygen atoms in total. The van der Waals surface area contributed by atoms with Crippen LogP contribution in [0.4, 0.5) is 0 Å². The lowest BCUT2D eigenvalue weighted by Gasteiger charge is -2.42. The SMILES string of the molecule is CN(C)CCOc1nccc(C(C2CCNCC2)N2CCN(S(=O)(=O)c3cc4ccc(Cl)cc4s3)CC2=O)n1. The second-order valence-corrected chi connectivity index (χ2v) is 13.8. The molecule has 1 aromatic carbocycles. The first-order valence-corrected chi connectivity index (χ1v) is 15.7. The van der Waals surface area contributed by atoms with Gasteiger partial charge in [0.05, 0.1) is 18.3 Å². The Balaban J connectivity index is 1.36. The fraction of sp³-hybridized carbons (Fsp3) is 0.500. The number of likely N-dealkylation sites (N-methyl/N-ethyl adjacent to an activating group) is 1. The van der Waals surface area contributed by atoms with Gasteiger partial charge in [0.15, 0.2) is 0 Å². The highest BCUT2D eigenvalue weighted by atomic mass is 35.5. The Hall–Kier alpha value is -2.35. The van der Waals surface area contributed by atoms with Crippen molar-refractivity contribution in [1.82, 2.24) is 29.4 Å². The highest BCUT2D eigenvalue weighted by molar-refractivity contribution is 7.91. The van der Waals surface area contributed by atoms with Crippen LogP contribution < -0.4 is 10.1 Å². The van der Waals surface area contributed by atoms with E-state index in [1.165, 1.54) is 15.6 Å². The standard InChI is InChI=1S/C26H33ClN6O4S2/c1-31(2)13-14-37-26-29-10-7-21(30-26)25(18-5-8-28-9-6-18)33-12-11-32(17-23(33)34)39(35,36)24-15-19-3-4-20(27)16-22(19)38-24/h3-4,7,10,15-16,18,25,28H,5-6,8-9,11-14,17H2,1-2H3. The Morgan fingerprint density at radius 1 is 1.21 bits per heavy atom. The molecule has 1 N–H and O–H groups in total.